The van der Waals surface area contributed by atoms with Crippen LogP contribution in [0.3, 0.4) is 0 Å². The number of nitrogens with one attached hydrogen (secondary N) is 1. The van der Waals surface area contributed by atoms with Crippen molar-refractivity contribution in [2.45, 2.75) is 18.4 Å². The summed E-state index contributed by atoms with van der Waals surface area (Å²) >= 11 is 5.90. The van der Waals surface area contributed by atoms with E-state index in [1.165, 1.54) is 23.0 Å². The van der Waals surface area contributed by atoms with Gasteiger partial charge in [-0.1, -0.05) is 11.6 Å². The Morgan fingerprint density at radius 2 is 2.15 bits per heavy atom. The molecule has 0 saturated heterocycles. The summed E-state index contributed by atoms with van der Waals surface area (Å²) in [6, 6.07) is 4.53. The third-order valence-electron chi connectivity index (χ3n) is 2.91. The summed E-state index contributed by atoms with van der Waals surface area (Å²) in [6.45, 7) is 1.95. The molecule has 20 heavy (non-hydrogen) atoms. The van der Waals surface area contributed by atoms with Gasteiger partial charge in [-0.3, -0.25) is 9.40 Å². The van der Waals surface area contributed by atoms with Crippen molar-refractivity contribution in [2.24, 2.45) is 12.8 Å². The number of benzene rings is 1. The molecule has 0 spiro atoms. The molecule has 0 aliphatic carbocycles. The van der Waals surface area contributed by atoms with Crippen molar-refractivity contribution >= 4 is 27.4 Å². The molecule has 108 valence electrons. The molecule has 0 aliphatic rings. The topological polar surface area (TPSA) is 90.0 Å². The van der Waals surface area contributed by atoms with Crippen LogP contribution in [0.1, 0.15) is 11.1 Å². The summed E-state index contributed by atoms with van der Waals surface area (Å²) in [6.07, 6.45) is 1.53. The lowest BCUT2D eigenvalue weighted by molar-refractivity contribution is 0.600. The van der Waals surface area contributed by atoms with E-state index in [1.54, 1.807) is 20.0 Å². The Morgan fingerprint density at radius 3 is 2.75 bits per heavy atom. The smallest absolute Gasteiger partial charge is 0.263 e. The van der Waals surface area contributed by atoms with Crippen LogP contribution in [0, 0.1) is 6.92 Å². The Balaban J connectivity index is 2.40. The molecule has 1 aromatic carbocycles. The second-order valence-electron chi connectivity index (χ2n) is 4.36. The number of nitrogens with two attached hydrogens (primary N) is 1. The predicted octanol–water partition coefficient (Wildman–Crippen LogP) is 1.64. The monoisotopic (exact) mass is 314 g/mol. The number of aromatic nitrogens is 2. The van der Waals surface area contributed by atoms with Gasteiger partial charge in [-0.05, 0) is 30.7 Å². The fourth-order valence-electron chi connectivity index (χ4n) is 1.73. The van der Waals surface area contributed by atoms with Crippen molar-refractivity contribution < 1.29 is 8.42 Å². The molecule has 0 amide bonds. The number of rotatable bonds is 4. The Morgan fingerprint density at radius 1 is 1.45 bits per heavy atom. The average molecular weight is 315 g/mol. The highest BCUT2D eigenvalue weighted by molar-refractivity contribution is 7.92. The predicted molar refractivity (Wildman–Crippen MR) is 78.1 cm³/mol. The van der Waals surface area contributed by atoms with E-state index in [1.807, 2.05) is 0 Å². The van der Waals surface area contributed by atoms with Crippen molar-refractivity contribution in [3.8, 4) is 0 Å². The molecule has 2 rings (SSSR count). The van der Waals surface area contributed by atoms with Gasteiger partial charge in [0.1, 0.15) is 5.82 Å². The molecule has 8 heteroatoms. The van der Waals surface area contributed by atoms with Crippen molar-refractivity contribution in [1.82, 2.24) is 9.78 Å². The first kappa shape index (κ1) is 14.8. The molecule has 0 bridgehead atoms. The van der Waals surface area contributed by atoms with E-state index in [-0.39, 0.29) is 11.4 Å². The normalized spacial score (nSPS) is 11.6. The molecule has 0 radical (unpaired) electrons. The minimum absolute atomic E-state index is 0.142. The summed E-state index contributed by atoms with van der Waals surface area (Å²) in [5.41, 5.74) is 6.88. The zero-order valence-electron chi connectivity index (χ0n) is 11.1. The molecule has 1 heterocycles. The van der Waals surface area contributed by atoms with Gasteiger partial charge >= 0.3 is 0 Å². The van der Waals surface area contributed by atoms with Gasteiger partial charge in [0, 0.05) is 24.2 Å². The summed E-state index contributed by atoms with van der Waals surface area (Å²) in [7, 11) is -2.06. The van der Waals surface area contributed by atoms with Gasteiger partial charge in [-0.2, -0.15) is 5.10 Å². The molecule has 0 saturated carbocycles. The number of nitrogens with zero attached hydrogens (tertiary/aromatic N) is 2. The van der Waals surface area contributed by atoms with Crippen LogP contribution in [0.5, 0.6) is 0 Å². The first-order valence-electron chi connectivity index (χ1n) is 5.85. The first-order valence-corrected chi connectivity index (χ1v) is 7.71. The number of aryl methyl sites for hydroxylation is 2. The first-order chi connectivity index (χ1) is 9.35. The Kier molecular flexibility index (Phi) is 4.03. The Bertz CT molecular complexity index is 740. The van der Waals surface area contributed by atoms with E-state index in [0.29, 0.717) is 22.0 Å². The lowest BCUT2D eigenvalue weighted by Crippen LogP contribution is -2.17. The van der Waals surface area contributed by atoms with Crippen molar-refractivity contribution in [3.05, 3.63) is 40.5 Å². The van der Waals surface area contributed by atoms with Crippen LogP contribution in [0.2, 0.25) is 5.02 Å². The Labute approximate surface area is 122 Å². The van der Waals surface area contributed by atoms with Crippen molar-refractivity contribution in [3.63, 3.8) is 0 Å². The highest BCUT2D eigenvalue weighted by Crippen LogP contribution is 2.22. The second-order valence-corrected chi connectivity index (χ2v) is 6.45. The van der Waals surface area contributed by atoms with Crippen LogP contribution in [0.4, 0.5) is 5.82 Å². The molecular weight excluding hydrogens is 300 g/mol. The van der Waals surface area contributed by atoms with Crippen LogP contribution in [-0.4, -0.2) is 18.2 Å². The summed E-state index contributed by atoms with van der Waals surface area (Å²) < 4.78 is 28.6. The quantitative estimate of drug-likeness (QED) is 0.897. The SMILES string of the molecule is Cc1cc(S(=O)(=O)Nc2c(CN)cnn2C)ccc1Cl. The van der Waals surface area contributed by atoms with Crippen LogP contribution < -0.4 is 10.5 Å². The number of sulfonamides is 1. The highest BCUT2D eigenvalue weighted by atomic mass is 35.5. The molecule has 2 aromatic rings. The van der Waals surface area contributed by atoms with Gasteiger partial charge in [0.05, 0.1) is 11.1 Å². The second kappa shape index (κ2) is 5.43. The third-order valence-corrected chi connectivity index (χ3v) is 4.67. The zero-order valence-corrected chi connectivity index (χ0v) is 12.7. The molecule has 1 aromatic heterocycles. The molecule has 3 N–H and O–H groups in total. The average Bonchev–Trinajstić information content (AvgIpc) is 2.73. The number of hydrogen-bond donors (Lipinski definition) is 2. The van der Waals surface area contributed by atoms with Crippen molar-refractivity contribution in [2.75, 3.05) is 4.72 Å². The van der Waals surface area contributed by atoms with Crippen LogP contribution >= 0.6 is 11.6 Å². The van der Waals surface area contributed by atoms with Crippen molar-refractivity contribution in [1.29, 1.82) is 0 Å². The van der Waals surface area contributed by atoms with Gasteiger partial charge in [0.2, 0.25) is 0 Å². The fraction of sp³-hybridized carbons (Fsp3) is 0.250. The van der Waals surface area contributed by atoms with Gasteiger partial charge < -0.3 is 5.73 Å². The van der Waals surface area contributed by atoms with Crippen LogP contribution in [0.15, 0.2) is 29.3 Å². The van der Waals surface area contributed by atoms with Gasteiger partial charge in [-0.15, -0.1) is 0 Å². The summed E-state index contributed by atoms with van der Waals surface area (Å²) in [5, 5.41) is 4.51. The lowest BCUT2D eigenvalue weighted by Gasteiger charge is -2.11. The van der Waals surface area contributed by atoms with E-state index in [4.69, 9.17) is 17.3 Å². The summed E-state index contributed by atoms with van der Waals surface area (Å²) in [4.78, 5) is 0.142. The standard InChI is InChI=1S/C12H15ClN4O2S/c1-8-5-10(3-4-11(8)13)20(18,19)16-12-9(6-14)7-15-17(12)2/h3-5,7,16H,6,14H2,1-2H3. The highest BCUT2D eigenvalue weighted by Gasteiger charge is 2.19. The fourth-order valence-corrected chi connectivity index (χ4v) is 3.07. The lowest BCUT2D eigenvalue weighted by atomic mass is 10.2. The van der Waals surface area contributed by atoms with E-state index in [2.05, 4.69) is 9.82 Å². The molecule has 0 unspecified atom stereocenters. The van der Waals surface area contributed by atoms with Gasteiger partial charge in [0.15, 0.2) is 0 Å². The Hall–Kier alpha value is -1.57. The van der Waals surface area contributed by atoms with Crippen LogP contribution in [-0.2, 0) is 23.6 Å². The molecule has 0 fully saturated rings. The molecule has 6 nitrogen and oxygen atoms in total. The maximum Gasteiger partial charge on any atom is 0.263 e. The van der Waals surface area contributed by atoms with Gasteiger partial charge in [0.25, 0.3) is 10.0 Å². The van der Waals surface area contributed by atoms with E-state index in [9.17, 15) is 8.42 Å². The van der Waals surface area contributed by atoms with E-state index in [0.717, 1.165) is 0 Å². The summed E-state index contributed by atoms with van der Waals surface area (Å²) in [5.74, 6) is 0.361. The van der Waals surface area contributed by atoms with E-state index < -0.39 is 10.0 Å². The molecule has 0 aliphatic heterocycles. The van der Waals surface area contributed by atoms with Gasteiger partial charge in [-0.25, -0.2) is 8.42 Å². The number of hydrogen-bond acceptors (Lipinski definition) is 4. The molecular formula is C12H15ClN4O2S. The number of halogens is 1. The maximum atomic E-state index is 12.3. The minimum Gasteiger partial charge on any atom is -0.326 e. The minimum atomic E-state index is -3.70. The largest absolute Gasteiger partial charge is 0.326 e. The zero-order chi connectivity index (χ0) is 14.9. The van der Waals surface area contributed by atoms with Crippen LogP contribution in [0.25, 0.3) is 0 Å². The third kappa shape index (κ3) is 2.79. The van der Waals surface area contributed by atoms with E-state index >= 15 is 0 Å². The molecule has 0 atom stereocenters. The maximum absolute atomic E-state index is 12.3. The number of anilines is 1.